The summed E-state index contributed by atoms with van der Waals surface area (Å²) in [5, 5.41) is 0.375. The Balaban J connectivity index is 2.81. The van der Waals surface area contributed by atoms with Gasteiger partial charge in [0.15, 0.2) is 6.29 Å². The van der Waals surface area contributed by atoms with E-state index in [9.17, 15) is 18.0 Å². The number of aldehydes is 1. The third kappa shape index (κ3) is 4.26. The lowest BCUT2D eigenvalue weighted by atomic mass is 10.1. The van der Waals surface area contributed by atoms with Crippen molar-refractivity contribution in [2.24, 2.45) is 0 Å². The lowest BCUT2D eigenvalue weighted by Gasteiger charge is -2.21. The molecule has 1 aromatic rings. The van der Waals surface area contributed by atoms with Crippen LogP contribution >= 0.6 is 11.6 Å². The van der Waals surface area contributed by atoms with Crippen molar-refractivity contribution in [2.75, 3.05) is 18.5 Å². The number of anilines is 1. The summed E-state index contributed by atoms with van der Waals surface area (Å²) < 4.78 is 36.2. The van der Waals surface area contributed by atoms with Gasteiger partial charge in [0, 0.05) is 29.9 Å². The Kier molecular flexibility index (Phi) is 4.40. The summed E-state index contributed by atoms with van der Waals surface area (Å²) in [6, 6.07) is 4.49. The summed E-state index contributed by atoms with van der Waals surface area (Å²) in [6.07, 6.45) is -4.56. The fourth-order valence-electron chi connectivity index (χ4n) is 1.38. The Morgan fingerprint density at radius 1 is 1.41 bits per heavy atom. The Bertz CT molecular complexity index is 406. The monoisotopic (exact) mass is 265 g/mol. The molecule has 0 unspecified atom stereocenters. The van der Waals surface area contributed by atoms with Crippen molar-refractivity contribution in [3.05, 3.63) is 28.8 Å². The number of carbonyl (C=O) groups excluding carboxylic acids is 1. The minimum atomic E-state index is -4.21. The van der Waals surface area contributed by atoms with Crippen LogP contribution in [0.15, 0.2) is 18.2 Å². The van der Waals surface area contributed by atoms with Gasteiger partial charge in [-0.3, -0.25) is 4.79 Å². The van der Waals surface area contributed by atoms with Crippen LogP contribution < -0.4 is 4.90 Å². The topological polar surface area (TPSA) is 20.3 Å². The molecular formula is C11H11ClF3NO. The molecular weight excluding hydrogens is 255 g/mol. The van der Waals surface area contributed by atoms with Crippen LogP contribution in [0, 0.1) is 0 Å². The van der Waals surface area contributed by atoms with Crippen molar-refractivity contribution >= 4 is 23.6 Å². The number of alkyl halides is 3. The molecule has 0 saturated carbocycles. The Labute approximate surface area is 102 Å². The quantitative estimate of drug-likeness (QED) is 0.776. The van der Waals surface area contributed by atoms with E-state index in [1.54, 1.807) is 0 Å². The van der Waals surface area contributed by atoms with E-state index in [0.29, 0.717) is 17.0 Å². The maximum Gasteiger partial charge on any atom is 0.390 e. The van der Waals surface area contributed by atoms with Gasteiger partial charge >= 0.3 is 6.18 Å². The molecule has 1 rings (SSSR count). The highest BCUT2D eigenvalue weighted by molar-refractivity contribution is 6.31. The lowest BCUT2D eigenvalue weighted by Crippen LogP contribution is -2.24. The second kappa shape index (κ2) is 5.40. The standard InChI is InChI=1S/C11H11ClF3NO/c1-16(5-4-11(13,14)15)10-3-2-9(12)6-8(10)7-17/h2-3,6-7H,4-5H2,1H3. The highest BCUT2D eigenvalue weighted by Crippen LogP contribution is 2.25. The lowest BCUT2D eigenvalue weighted by molar-refractivity contribution is -0.132. The number of halogens is 4. The molecule has 0 saturated heterocycles. The minimum absolute atomic E-state index is 0.202. The fraction of sp³-hybridized carbons (Fsp3) is 0.364. The van der Waals surface area contributed by atoms with Crippen LogP contribution in [0.5, 0.6) is 0 Å². The van der Waals surface area contributed by atoms with Crippen LogP contribution in [-0.2, 0) is 0 Å². The van der Waals surface area contributed by atoms with E-state index in [-0.39, 0.29) is 12.1 Å². The SMILES string of the molecule is CN(CCC(F)(F)F)c1ccc(Cl)cc1C=O. The molecule has 2 nitrogen and oxygen atoms in total. The van der Waals surface area contributed by atoms with Gasteiger partial charge in [-0.25, -0.2) is 0 Å². The maximum atomic E-state index is 12.1. The van der Waals surface area contributed by atoms with Gasteiger partial charge < -0.3 is 4.90 Å². The van der Waals surface area contributed by atoms with Crippen molar-refractivity contribution in [2.45, 2.75) is 12.6 Å². The van der Waals surface area contributed by atoms with Gasteiger partial charge in [0.2, 0.25) is 0 Å². The molecule has 0 amide bonds. The van der Waals surface area contributed by atoms with Gasteiger partial charge in [0.25, 0.3) is 0 Å². The highest BCUT2D eigenvalue weighted by atomic mass is 35.5. The third-order valence-corrected chi connectivity index (χ3v) is 2.49. The largest absolute Gasteiger partial charge is 0.390 e. The van der Waals surface area contributed by atoms with Crippen molar-refractivity contribution in [3.63, 3.8) is 0 Å². The highest BCUT2D eigenvalue weighted by Gasteiger charge is 2.27. The summed E-state index contributed by atoms with van der Waals surface area (Å²) in [5.74, 6) is 0. The smallest absolute Gasteiger partial charge is 0.374 e. The summed E-state index contributed by atoms with van der Waals surface area (Å²) in [7, 11) is 1.50. The number of hydrogen-bond acceptors (Lipinski definition) is 2. The Hall–Kier alpha value is -1.23. The van der Waals surface area contributed by atoms with E-state index < -0.39 is 12.6 Å². The molecule has 0 atom stereocenters. The molecule has 0 aromatic heterocycles. The first-order valence-corrected chi connectivity index (χ1v) is 5.24. The average molecular weight is 266 g/mol. The van der Waals surface area contributed by atoms with Crippen molar-refractivity contribution in [3.8, 4) is 0 Å². The van der Waals surface area contributed by atoms with Gasteiger partial charge in [-0.15, -0.1) is 0 Å². The average Bonchev–Trinajstić information content (AvgIpc) is 2.24. The Morgan fingerprint density at radius 3 is 2.59 bits per heavy atom. The molecule has 0 N–H and O–H groups in total. The van der Waals surface area contributed by atoms with Gasteiger partial charge in [-0.2, -0.15) is 13.2 Å². The summed E-state index contributed by atoms with van der Waals surface area (Å²) in [6.45, 7) is -0.202. The Morgan fingerprint density at radius 2 is 2.06 bits per heavy atom. The maximum absolute atomic E-state index is 12.1. The van der Waals surface area contributed by atoms with Crippen LogP contribution in [0.25, 0.3) is 0 Å². The molecule has 6 heteroatoms. The number of hydrogen-bond donors (Lipinski definition) is 0. The van der Waals surface area contributed by atoms with E-state index in [1.807, 2.05) is 0 Å². The van der Waals surface area contributed by atoms with Crippen molar-refractivity contribution in [1.29, 1.82) is 0 Å². The summed E-state index contributed by atoms with van der Waals surface area (Å²) in [4.78, 5) is 12.2. The second-order valence-corrected chi connectivity index (χ2v) is 4.04. The molecule has 94 valence electrons. The third-order valence-electron chi connectivity index (χ3n) is 2.26. The zero-order valence-electron chi connectivity index (χ0n) is 9.09. The van der Waals surface area contributed by atoms with Crippen LogP contribution in [0.2, 0.25) is 5.02 Å². The van der Waals surface area contributed by atoms with Crippen LogP contribution in [0.4, 0.5) is 18.9 Å². The first-order chi connectivity index (χ1) is 7.83. The zero-order chi connectivity index (χ0) is 13.1. The van der Waals surface area contributed by atoms with Crippen molar-refractivity contribution < 1.29 is 18.0 Å². The number of rotatable bonds is 4. The molecule has 17 heavy (non-hydrogen) atoms. The predicted molar refractivity (Wildman–Crippen MR) is 60.8 cm³/mol. The van der Waals surface area contributed by atoms with E-state index in [1.165, 1.54) is 30.1 Å². The van der Waals surface area contributed by atoms with E-state index in [4.69, 9.17) is 11.6 Å². The molecule has 0 fully saturated rings. The molecule has 0 heterocycles. The fourth-order valence-corrected chi connectivity index (χ4v) is 1.56. The molecule has 0 bridgehead atoms. The van der Waals surface area contributed by atoms with Crippen molar-refractivity contribution in [1.82, 2.24) is 0 Å². The molecule has 0 radical (unpaired) electrons. The van der Waals surface area contributed by atoms with Gasteiger partial charge in [-0.05, 0) is 18.2 Å². The number of benzene rings is 1. The molecule has 0 aliphatic carbocycles. The number of carbonyl (C=O) groups is 1. The van der Waals surface area contributed by atoms with E-state index >= 15 is 0 Å². The predicted octanol–water partition coefficient (Wildman–Crippen LogP) is 3.54. The van der Waals surface area contributed by atoms with Gasteiger partial charge in [0.1, 0.15) is 0 Å². The first kappa shape index (κ1) is 13.8. The van der Waals surface area contributed by atoms with Crippen LogP contribution in [0.1, 0.15) is 16.8 Å². The van der Waals surface area contributed by atoms with Crippen LogP contribution in [0.3, 0.4) is 0 Å². The first-order valence-electron chi connectivity index (χ1n) is 4.86. The normalized spacial score (nSPS) is 11.4. The van der Waals surface area contributed by atoms with E-state index in [0.717, 1.165) is 0 Å². The molecule has 1 aromatic carbocycles. The van der Waals surface area contributed by atoms with Crippen LogP contribution in [-0.4, -0.2) is 26.1 Å². The molecule has 0 aliphatic heterocycles. The summed E-state index contributed by atoms with van der Waals surface area (Å²) >= 11 is 5.69. The second-order valence-electron chi connectivity index (χ2n) is 3.61. The molecule has 0 aliphatic rings. The van der Waals surface area contributed by atoms with Gasteiger partial charge in [-0.1, -0.05) is 11.6 Å². The minimum Gasteiger partial charge on any atom is -0.374 e. The van der Waals surface area contributed by atoms with E-state index in [2.05, 4.69) is 0 Å². The van der Waals surface area contributed by atoms with Gasteiger partial charge in [0.05, 0.1) is 6.42 Å². The molecule has 0 spiro atoms. The number of nitrogens with zero attached hydrogens (tertiary/aromatic N) is 1. The zero-order valence-corrected chi connectivity index (χ0v) is 9.85. The summed E-state index contributed by atoms with van der Waals surface area (Å²) in [5.41, 5.74) is 0.718.